The van der Waals surface area contributed by atoms with Crippen molar-refractivity contribution in [3.8, 4) is 11.4 Å². The highest BCUT2D eigenvalue weighted by atomic mass is 15.0. The van der Waals surface area contributed by atoms with Gasteiger partial charge in [0.15, 0.2) is 5.82 Å². The monoisotopic (exact) mass is 236 g/mol. The first-order valence-electron chi connectivity index (χ1n) is 5.73. The van der Waals surface area contributed by atoms with E-state index in [1.807, 2.05) is 43.4 Å². The summed E-state index contributed by atoms with van der Waals surface area (Å²) in [4.78, 5) is 13.2. The van der Waals surface area contributed by atoms with Crippen molar-refractivity contribution in [1.29, 1.82) is 0 Å². The number of anilines is 1. The van der Waals surface area contributed by atoms with E-state index in [0.29, 0.717) is 5.82 Å². The molecule has 18 heavy (non-hydrogen) atoms. The average Bonchev–Trinajstić information content (AvgIpc) is 2.47. The third-order valence-corrected chi connectivity index (χ3v) is 2.79. The lowest BCUT2D eigenvalue weighted by Crippen LogP contribution is -1.96. The number of fused-ring (bicyclic) bond motifs is 1. The van der Waals surface area contributed by atoms with E-state index in [1.54, 1.807) is 12.4 Å². The van der Waals surface area contributed by atoms with Gasteiger partial charge in [0.25, 0.3) is 0 Å². The van der Waals surface area contributed by atoms with Gasteiger partial charge in [-0.1, -0.05) is 18.2 Å². The van der Waals surface area contributed by atoms with Gasteiger partial charge in [-0.2, -0.15) is 0 Å². The van der Waals surface area contributed by atoms with Crippen LogP contribution in [-0.4, -0.2) is 22.0 Å². The van der Waals surface area contributed by atoms with Crippen molar-refractivity contribution in [1.82, 2.24) is 15.0 Å². The summed E-state index contributed by atoms with van der Waals surface area (Å²) >= 11 is 0. The van der Waals surface area contributed by atoms with E-state index in [9.17, 15) is 0 Å². The molecular weight excluding hydrogens is 224 g/mol. The van der Waals surface area contributed by atoms with E-state index in [2.05, 4.69) is 20.3 Å². The van der Waals surface area contributed by atoms with Crippen LogP contribution >= 0.6 is 0 Å². The Balaban J connectivity index is 2.24. The summed E-state index contributed by atoms with van der Waals surface area (Å²) in [6, 6.07) is 11.8. The van der Waals surface area contributed by atoms with Gasteiger partial charge in [-0.05, 0) is 18.2 Å². The predicted molar refractivity (Wildman–Crippen MR) is 72.3 cm³/mol. The molecule has 4 nitrogen and oxygen atoms in total. The van der Waals surface area contributed by atoms with Crippen molar-refractivity contribution in [2.45, 2.75) is 0 Å². The summed E-state index contributed by atoms with van der Waals surface area (Å²) in [6.45, 7) is 0. The van der Waals surface area contributed by atoms with Gasteiger partial charge < -0.3 is 5.32 Å². The van der Waals surface area contributed by atoms with Crippen molar-refractivity contribution in [2.24, 2.45) is 0 Å². The minimum atomic E-state index is 0.686. The topological polar surface area (TPSA) is 50.7 Å². The van der Waals surface area contributed by atoms with Crippen LogP contribution in [-0.2, 0) is 0 Å². The van der Waals surface area contributed by atoms with Crippen LogP contribution in [0.3, 0.4) is 0 Å². The molecule has 0 aliphatic carbocycles. The maximum Gasteiger partial charge on any atom is 0.163 e. The Hall–Kier alpha value is -2.49. The molecule has 2 heterocycles. The molecule has 0 bridgehead atoms. The second kappa shape index (κ2) is 4.41. The van der Waals surface area contributed by atoms with Gasteiger partial charge in [-0.25, -0.2) is 9.97 Å². The molecule has 0 aliphatic heterocycles. The van der Waals surface area contributed by atoms with Gasteiger partial charge in [-0.15, -0.1) is 0 Å². The lowest BCUT2D eigenvalue weighted by atomic mass is 10.1. The van der Waals surface area contributed by atoms with Gasteiger partial charge in [0.1, 0.15) is 5.82 Å². The predicted octanol–water partition coefficient (Wildman–Crippen LogP) is 2.73. The Kier molecular flexibility index (Phi) is 2.61. The first kappa shape index (κ1) is 10.7. The van der Waals surface area contributed by atoms with Crippen LogP contribution in [0.25, 0.3) is 22.3 Å². The van der Waals surface area contributed by atoms with E-state index >= 15 is 0 Å². The van der Waals surface area contributed by atoms with Crippen molar-refractivity contribution in [3.63, 3.8) is 0 Å². The molecule has 3 rings (SSSR count). The van der Waals surface area contributed by atoms with E-state index in [0.717, 1.165) is 22.3 Å². The summed E-state index contributed by atoms with van der Waals surface area (Å²) < 4.78 is 0. The van der Waals surface area contributed by atoms with Crippen LogP contribution in [0, 0.1) is 0 Å². The molecule has 0 fully saturated rings. The number of nitrogens with zero attached hydrogens (tertiary/aromatic N) is 3. The normalized spacial score (nSPS) is 10.5. The minimum absolute atomic E-state index is 0.686. The van der Waals surface area contributed by atoms with Crippen molar-refractivity contribution in [2.75, 3.05) is 12.4 Å². The van der Waals surface area contributed by atoms with E-state index in [-0.39, 0.29) is 0 Å². The SMILES string of the molecule is CNc1ccnc(-c2cccc3cccnc23)n1. The molecule has 0 saturated heterocycles. The van der Waals surface area contributed by atoms with E-state index in [1.165, 1.54) is 0 Å². The highest BCUT2D eigenvalue weighted by Gasteiger charge is 2.07. The summed E-state index contributed by atoms with van der Waals surface area (Å²) in [6.07, 6.45) is 3.53. The number of para-hydroxylation sites is 1. The highest BCUT2D eigenvalue weighted by molar-refractivity contribution is 5.91. The van der Waals surface area contributed by atoms with Crippen LogP contribution in [0.1, 0.15) is 0 Å². The number of aromatic nitrogens is 3. The molecule has 1 aromatic carbocycles. The number of hydrogen-bond donors (Lipinski definition) is 1. The summed E-state index contributed by atoms with van der Waals surface area (Å²) in [5, 5.41) is 4.10. The molecule has 3 aromatic rings. The lowest BCUT2D eigenvalue weighted by Gasteiger charge is -2.05. The number of rotatable bonds is 2. The van der Waals surface area contributed by atoms with Crippen molar-refractivity contribution in [3.05, 3.63) is 48.8 Å². The standard InChI is InChI=1S/C14H12N4/c1-15-12-7-9-17-14(18-12)11-6-2-4-10-5-3-8-16-13(10)11/h2-9H,1H3,(H,15,17,18). The van der Waals surface area contributed by atoms with Crippen LogP contribution in [0.2, 0.25) is 0 Å². The maximum absolute atomic E-state index is 4.45. The molecule has 0 amide bonds. The Morgan fingerprint density at radius 3 is 2.72 bits per heavy atom. The van der Waals surface area contributed by atoms with Gasteiger partial charge >= 0.3 is 0 Å². The summed E-state index contributed by atoms with van der Waals surface area (Å²) in [7, 11) is 1.84. The fourth-order valence-corrected chi connectivity index (χ4v) is 1.91. The van der Waals surface area contributed by atoms with E-state index < -0.39 is 0 Å². The first-order valence-corrected chi connectivity index (χ1v) is 5.73. The number of hydrogen-bond acceptors (Lipinski definition) is 4. The van der Waals surface area contributed by atoms with Crippen molar-refractivity contribution >= 4 is 16.7 Å². The second-order valence-electron chi connectivity index (χ2n) is 3.90. The largest absolute Gasteiger partial charge is 0.373 e. The van der Waals surface area contributed by atoms with Crippen LogP contribution in [0.5, 0.6) is 0 Å². The summed E-state index contributed by atoms with van der Waals surface area (Å²) in [5.41, 5.74) is 1.87. The second-order valence-corrected chi connectivity index (χ2v) is 3.90. The highest BCUT2D eigenvalue weighted by Crippen LogP contribution is 2.24. The number of pyridine rings is 1. The number of benzene rings is 1. The maximum atomic E-state index is 4.45. The zero-order valence-corrected chi connectivity index (χ0v) is 9.96. The van der Waals surface area contributed by atoms with Gasteiger partial charge in [0.05, 0.1) is 5.52 Å². The molecule has 0 aliphatic rings. The molecule has 0 saturated carbocycles. The average molecular weight is 236 g/mol. The Morgan fingerprint density at radius 2 is 1.83 bits per heavy atom. The molecule has 2 aromatic heterocycles. The Bertz CT molecular complexity index is 689. The van der Waals surface area contributed by atoms with Crippen LogP contribution < -0.4 is 5.32 Å². The van der Waals surface area contributed by atoms with Gasteiger partial charge in [0.2, 0.25) is 0 Å². The fourth-order valence-electron chi connectivity index (χ4n) is 1.91. The quantitative estimate of drug-likeness (QED) is 0.743. The molecule has 1 N–H and O–H groups in total. The molecule has 0 unspecified atom stereocenters. The van der Waals surface area contributed by atoms with Crippen LogP contribution in [0.15, 0.2) is 48.8 Å². The first-order chi connectivity index (χ1) is 8.88. The molecular formula is C14H12N4. The zero-order valence-electron chi connectivity index (χ0n) is 9.96. The molecule has 4 heteroatoms. The molecule has 0 atom stereocenters. The molecule has 0 radical (unpaired) electrons. The minimum Gasteiger partial charge on any atom is -0.373 e. The zero-order chi connectivity index (χ0) is 12.4. The lowest BCUT2D eigenvalue weighted by molar-refractivity contribution is 1.17. The Labute approximate surface area is 105 Å². The van der Waals surface area contributed by atoms with Gasteiger partial charge in [0, 0.05) is 30.4 Å². The van der Waals surface area contributed by atoms with Crippen LogP contribution in [0.4, 0.5) is 5.82 Å². The van der Waals surface area contributed by atoms with Gasteiger partial charge in [-0.3, -0.25) is 4.98 Å². The third kappa shape index (κ3) is 1.78. The number of nitrogens with one attached hydrogen (secondary N) is 1. The Morgan fingerprint density at radius 1 is 0.944 bits per heavy atom. The third-order valence-electron chi connectivity index (χ3n) is 2.79. The van der Waals surface area contributed by atoms with Crippen molar-refractivity contribution < 1.29 is 0 Å². The summed E-state index contributed by atoms with van der Waals surface area (Å²) in [5.74, 6) is 1.49. The molecule has 0 spiro atoms. The molecule has 88 valence electrons. The fraction of sp³-hybridized carbons (Fsp3) is 0.0714. The smallest absolute Gasteiger partial charge is 0.163 e. The van der Waals surface area contributed by atoms with E-state index in [4.69, 9.17) is 0 Å².